The van der Waals surface area contributed by atoms with E-state index in [4.69, 9.17) is 23.1 Å². The number of benzene rings is 2. The first-order chi connectivity index (χ1) is 12.4. The van der Waals surface area contributed by atoms with Crippen molar-refractivity contribution in [2.75, 3.05) is 11.1 Å². The molecule has 0 aliphatic rings. The van der Waals surface area contributed by atoms with Crippen molar-refractivity contribution in [3.63, 3.8) is 0 Å². The van der Waals surface area contributed by atoms with Crippen molar-refractivity contribution in [2.24, 2.45) is 5.73 Å². The molecule has 6 heteroatoms. The summed E-state index contributed by atoms with van der Waals surface area (Å²) in [4.78, 5) is 8.71. The third-order valence-electron chi connectivity index (χ3n) is 4.28. The maximum atomic E-state index is 6.28. The first-order valence-electron chi connectivity index (χ1n) is 8.37. The van der Waals surface area contributed by atoms with E-state index in [1.807, 2.05) is 42.5 Å². The predicted molar refractivity (Wildman–Crippen MR) is 108 cm³/mol. The van der Waals surface area contributed by atoms with E-state index in [0.717, 1.165) is 16.7 Å². The quantitative estimate of drug-likeness (QED) is 0.629. The summed E-state index contributed by atoms with van der Waals surface area (Å²) in [5, 5.41) is 4.05. The van der Waals surface area contributed by atoms with E-state index < -0.39 is 0 Å². The first-order valence-corrected chi connectivity index (χ1v) is 8.74. The fourth-order valence-corrected chi connectivity index (χ4v) is 3.17. The SMILES string of the molecule is CC(C)(Nc1cc(-c2cccc(Cl)c2CN)nc(N)n1)c1ccccc1. The van der Waals surface area contributed by atoms with Crippen molar-refractivity contribution in [3.05, 3.63) is 70.7 Å². The van der Waals surface area contributed by atoms with Gasteiger partial charge >= 0.3 is 0 Å². The van der Waals surface area contributed by atoms with Gasteiger partial charge in [-0.3, -0.25) is 0 Å². The summed E-state index contributed by atoms with van der Waals surface area (Å²) in [5.41, 5.74) is 15.0. The molecule has 0 spiro atoms. The fraction of sp³-hybridized carbons (Fsp3) is 0.200. The van der Waals surface area contributed by atoms with E-state index in [-0.39, 0.29) is 11.5 Å². The van der Waals surface area contributed by atoms with Gasteiger partial charge in [-0.15, -0.1) is 0 Å². The molecule has 2 aromatic carbocycles. The van der Waals surface area contributed by atoms with Crippen LogP contribution in [0.4, 0.5) is 11.8 Å². The molecule has 5 nitrogen and oxygen atoms in total. The second-order valence-electron chi connectivity index (χ2n) is 6.58. The zero-order valence-electron chi connectivity index (χ0n) is 14.8. The molecule has 1 heterocycles. The molecule has 0 amide bonds. The minimum Gasteiger partial charge on any atom is -0.368 e. The molecule has 1 aromatic heterocycles. The molecule has 5 N–H and O–H groups in total. The van der Waals surface area contributed by atoms with Crippen molar-refractivity contribution in [3.8, 4) is 11.3 Å². The van der Waals surface area contributed by atoms with E-state index in [1.54, 1.807) is 0 Å². The number of anilines is 2. The smallest absolute Gasteiger partial charge is 0.222 e. The second-order valence-corrected chi connectivity index (χ2v) is 6.99. The van der Waals surface area contributed by atoms with Gasteiger partial charge in [-0.05, 0) is 31.0 Å². The van der Waals surface area contributed by atoms with Gasteiger partial charge in [-0.2, -0.15) is 4.98 Å². The Morgan fingerprint density at radius 1 is 1.04 bits per heavy atom. The van der Waals surface area contributed by atoms with E-state index in [2.05, 4.69) is 41.3 Å². The third-order valence-corrected chi connectivity index (χ3v) is 4.63. The number of nitrogens with zero attached hydrogens (tertiary/aromatic N) is 2. The van der Waals surface area contributed by atoms with E-state index in [9.17, 15) is 0 Å². The van der Waals surface area contributed by atoms with Crippen LogP contribution in [-0.2, 0) is 12.1 Å². The number of nitrogens with one attached hydrogen (secondary N) is 1. The topological polar surface area (TPSA) is 89.8 Å². The summed E-state index contributed by atoms with van der Waals surface area (Å²) in [5.74, 6) is 0.834. The zero-order valence-corrected chi connectivity index (χ0v) is 15.6. The lowest BCUT2D eigenvalue weighted by Gasteiger charge is -2.28. The Kier molecular flexibility index (Phi) is 5.11. The van der Waals surface area contributed by atoms with Crippen LogP contribution in [0.2, 0.25) is 5.02 Å². The standard InChI is InChI=1S/C20H22ClN5/c1-20(2,13-7-4-3-5-8-13)26-18-11-17(24-19(23)25-18)14-9-6-10-16(21)15(14)12-22/h3-11H,12,22H2,1-2H3,(H3,23,24,25,26). The molecule has 3 rings (SSSR count). The maximum Gasteiger partial charge on any atom is 0.222 e. The highest BCUT2D eigenvalue weighted by molar-refractivity contribution is 6.31. The van der Waals surface area contributed by atoms with Gasteiger partial charge in [0.1, 0.15) is 5.82 Å². The van der Waals surface area contributed by atoms with Crippen LogP contribution in [0.15, 0.2) is 54.6 Å². The van der Waals surface area contributed by atoms with Crippen LogP contribution in [-0.4, -0.2) is 9.97 Å². The van der Waals surface area contributed by atoms with Crippen LogP contribution in [0, 0.1) is 0 Å². The molecule has 0 radical (unpaired) electrons. The number of halogens is 1. The van der Waals surface area contributed by atoms with Gasteiger partial charge in [-0.25, -0.2) is 4.98 Å². The molecular formula is C20H22ClN5. The highest BCUT2D eigenvalue weighted by Gasteiger charge is 2.21. The molecule has 26 heavy (non-hydrogen) atoms. The Balaban J connectivity index is 2.00. The summed E-state index contributed by atoms with van der Waals surface area (Å²) in [6, 6.07) is 17.6. The van der Waals surface area contributed by atoms with Crippen LogP contribution in [0.25, 0.3) is 11.3 Å². The molecule has 0 aliphatic carbocycles. The number of rotatable bonds is 5. The zero-order chi connectivity index (χ0) is 18.7. The maximum absolute atomic E-state index is 6.28. The third kappa shape index (κ3) is 3.79. The molecular weight excluding hydrogens is 346 g/mol. The van der Waals surface area contributed by atoms with Crippen molar-refractivity contribution in [1.29, 1.82) is 0 Å². The van der Waals surface area contributed by atoms with Gasteiger partial charge in [0.15, 0.2) is 0 Å². The van der Waals surface area contributed by atoms with Crippen molar-refractivity contribution in [2.45, 2.75) is 25.9 Å². The van der Waals surface area contributed by atoms with Crippen molar-refractivity contribution < 1.29 is 0 Å². The number of hydrogen-bond donors (Lipinski definition) is 3. The molecule has 0 bridgehead atoms. The van der Waals surface area contributed by atoms with Crippen LogP contribution in [0.3, 0.4) is 0 Å². The summed E-state index contributed by atoms with van der Waals surface area (Å²) in [6.07, 6.45) is 0. The number of hydrogen-bond acceptors (Lipinski definition) is 5. The van der Waals surface area contributed by atoms with Gasteiger partial charge in [0, 0.05) is 23.2 Å². The highest BCUT2D eigenvalue weighted by Crippen LogP contribution is 2.31. The minimum absolute atomic E-state index is 0.191. The Hall–Kier alpha value is -2.63. The molecule has 0 saturated heterocycles. The number of nitrogens with two attached hydrogens (primary N) is 2. The molecule has 0 unspecified atom stereocenters. The fourth-order valence-electron chi connectivity index (χ4n) is 2.92. The van der Waals surface area contributed by atoms with E-state index in [0.29, 0.717) is 23.1 Å². The molecule has 0 aliphatic heterocycles. The van der Waals surface area contributed by atoms with Gasteiger partial charge < -0.3 is 16.8 Å². The van der Waals surface area contributed by atoms with Crippen LogP contribution in [0.1, 0.15) is 25.0 Å². The summed E-state index contributed by atoms with van der Waals surface area (Å²) in [6.45, 7) is 4.49. The Morgan fingerprint density at radius 2 is 1.77 bits per heavy atom. The van der Waals surface area contributed by atoms with E-state index in [1.165, 1.54) is 0 Å². The first kappa shape index (κ1) is 18.2. The average Bonchev–Trinajstić information content (AvgIpc) is 2.61. The summed E-state index contributed by atoms with van der Waals surface area (Å²) in [7, 11) is 0. The Labute approximate surface area is 158 Å². The molecule has 3 aromatic rings. The number of aromatic nitrogens is 2. The molecule has 0 saturated carbocycles. The lowest BCUT2D eigenvalue weighted by molar-refractivity contribution is 0.606. The monoisotopic (exact) mass is 367 g/mol. The second kappa shape index (κ2) is 7.32. The summed E-state index contributed by atoms with van der Waals surface area (Å²) >= 11 is 6.28. The highest BCUT2D eigenvalue weighted by atomic mass is 35.5. The molecule has 0 atom stereocenters. The normalized spacial score (nSPS) is 11.4. The van der Waals surface area contributed by atoms with Gasteiger partial charge in [0.2, 0.25) is 5.95 Å². The van der Waals surface area contributed by atoms with Crippen LogP contribution < -0.4 is 16.8 Å². The molecule has 0 fully saturated rings. The average molecular weight is 368 g/mol. The lowest BCUT2D eigenvalue weighted by atomic mass is 9.94. The molecule has 134 valence electrons. The van der Waals surface area contributed by atoms with Crippen LogP contribution in [0.5, 0.6) is 0 Å². The van der Waals surface area contributed by atoms with Crippen LogP contribution >= 0.6 is 11.6 Å². The number of nitrogen functional groups attached to an aromatic ring is 1. The lowest BCUT2D eigenvalue weighted by Crippen LogP contribution is -2.28. The van der Waals surface area contributed by atoms with Gasteiger partial charge in [0.25, 0.3) is 0 Å². The van der Waals surface area contributed by atoms with Gasteiger partial charge in [-0.1, -0.05) is 54.1 Å². The predicted octanol–water partition coefficient (Wildman–Crippen LogP) is 4.19. The Morgan fingerprint density at radius 3 is 2.46 bits per heavy atom. The van der Waals surface area contributed by atoms with Crippen molar-refractivity contribution >= 4 is 23.4 Å². The van der Waals surface area contributed by atoms with Crippen molar-refractivity contribution in [1.82, 2.24) is 9.97 Å². The largest absolute Gasteiger partial charge is 0.368 e. The van der Waals surface area contributed by atoms with E-state index >= 15 is 0 Å². The summed E-state index contributed by atoms with van der Waals surface area (Å²) < 4.78 is 0. The Bertz CT molecular complexity index is 909. The van der Waals surface area contributed by atoms with Gasteiger partial charge in [0.05, 0.1) is 11.2 Å². The minimum atomic E-state index is -0.329.